The topological polar surface area (TPSA) is 116 Å². The summed E-state index contributed by atoms with van der Waals surface area (Å²) < 4.78 is 10.4. The van der Waals surface area contributed by atoms with Crippen LogP contribution in [-0.2, 0) is 16.1 Å². The molecule has 9 nitrogen and oxygen atoms in total. The molecule has 3 rings (SSSR count). The minimum Gasteiger partial charge on any atom is -0.496 e. The third-order valence-corrected chi connectivity index (χ3v) is 4.28. The van der Waals surface area contributed by atoms with Crippen LogP contribution in [0.4, 0.5) is 5.69 Å². The van der Waals surface area contributed by atoms with Crippen molar-refractivity contribution in [2.45, 2.75) is 13.5 Å². The van der Waals surface area contributed by atoms with Gasteiger partial charge in [0.05, 0.1) is 23.2 Å². The van der Waals surface area contributed by atoms with Crippen LogP contribution in [0.5, 0.6) is 5.75 Å². The summed E-state index contributed by atoms with van der Waals surface area (Å²) in [5.74, 6) is -1.70. The second-order valence-corrected chi connectivity index (χ2v) is 6.16. The molecule has 0 atom stereocenters. The lowest BCUT2D eigenvalue weighted by molar-refractivity contribution is -0.384. The maximum absolute atomic E-state index is 12.4. The van der Waals surface area contributed by atoms with E-state index >= 15 is 0 Å². The Bertz CT molecular complexity index is 1000. The van der Waals surface area contributed by atoms with Gasteiger partial charge in [-0.25, -0.2) is 0 Å². The van der Waals surface area contributed by atoms with Crippen molar-refractivity contribution in [1.82, 2.24) is 4.90 Å². The van der Waals surface area contributed by atoms with Crippen LogP contribution < -0.4 is 4.74 Å². The number of hydrogen-bond donors (Lipinski definition) is 0. The molecule has 0 aliphatic carbocycles. The number of non-ortho nitro benzene ring substituents is 1. The minimum atomic E-state index is -0.785. The van der Waals surface area contributed by atoms with Crippen LogP contribution in [0.15, 0.2) is 36.4 Å². The summed E-state index contributed by atoms with van der Waals surface area (Å²) in [6, 6.07) is 8.76. The molecule has 0 N–H and O–H groups in total. The number of fused-ring (bicyclic) bond motifs is 1. The Morgan fingerprint density at radius 2 is 1.82 bits per heavy atom. The number of aryl methyl sites for hydroxylation is 1. The highest BCUT2D eigenvalue weighted by molar-refractivity contribution is 6.22. The number of carbonyl (C=O) groups is 3. The number of esters is 1. The Labute approximate surface area is 159 Å². The highest BCUT2D eigenvalue weighted by Crippen LogP contribution is 2.27. The second-order valence-electron chi connectivity index (χ2n) is 6.16. The van der Waals surface area contributed by atoms with Gasteiger partial charge in [-0.1, -0.05) is 11.6 Å². The third kappa shape index (κ3) is 3.54. The molecular weight excluding hydrogens is 368 g/mol. The Kier molecular flexibility index (Phi) is 5.08. The van der Waals surface area contributed by atoms with Crippen molar-refractivity contribution >= 4 is 23.5 Å². The first kappa shape index (κ1) is 19.0. The zero-order valence-corrected chi connectivity index (χ0v) is 15.1. The zero-order valence-electron chi connectivity index (χ0n) is 15.1. The van der Waals surface area contributed by atoms with Crippen molar-refractivity contribution in [3.63, 3.8) is 0 Å². The first-order chi connectivity index (χ1) is 13.3. The fourth-order valence-electron chi connectivity index (χ4n) is 2.89. The van der Waals surface area contributed by atoms with Gasteiger partial charge in [-0.3, -0.25) is 29.4 Å². The molecule has 144 valence electrons. The molecule has 1 heterocycles. The van der Waals surface area contributed by atoms with Gasteiger partial charge < -0.3 is 9.47 Å². The second kappa shape index (κ2) is 7.47. The molecule has 2 aromatic rings. The third-order valence-electron chi connectivity index (χ3n) is 4.28. The molecule has 0 aromatic heterocycles. The molecule has 0 saturated heterocycles. The number of carbonyl (C=O) groups excluding carboxylic acids is 3. The van der Waals surface area contributed by atoms with E-state index in [0.29, 0.717) is 16.2 Å². The molecule has 2 aromatic carbocycles. The summed E-state index contributed by atoms with van der Waals surface area (Å²) in [7, 11) is 1.49. The number of hydrogen-bond acceptors (Lipinski definition) is 7. The Hall–Kier alpha value is -3.75. The number of methoxy groups -OCH3 is 1. The van der Waals surface area contributed by atoms with Crippen LogP contribution >= 0.6 is 0 Å². The molecule has 1 aliphatic rings. The van der Waals surface area contributed by atoms with Gasteiger partial charge in [0.1, 0.15) is 18.9 Å². The Balaban J connectivity index is 1.69. The SMILES string of the molecule is COc1ccc(C)cc1COC(=O)CN1C(=O)c2ccc([N+](=O)[O-])cc2C1=O. The van der Waals surface area contributed by atoms with Gasteiger partial charge in [-0.05, 0) is 25.1 Å². The van der Waals surface area contributed by atoms with Crippen molar-refractivity contribution in [2.24, 2.45) is 0 Å². The van der Waals surface area contributed by atoms with Crippen molar-refractivity contribution in [1.29, 1.82) is 0 Å². The van der Waals surface area contributed by atoms with Crippen LogP contribution in [-0.4, -0.2) is 41.3 Å². The lowest BCUT2D eigenvalue weighted by Crippen LogP contribution is -2.35. The van der Waals surface area contributed by atoms with Crippen LogP contribution in [0.25, 0.3) is 0 Å². The smallest absolute Gasteiger partial charge is 0.326 e. The molecule has 0 unspecified atom stereocenters. The number of nitro benzene ring substituents is 1. The van der Waals surface area contributed by atoms with E-state index in [-0.39, 0.29) is 23.4 Å². The van der Waals surface area contributed by atoms with Crippen molar-refractivity contribution < 1.29 is 28.8 Å². The molecule has 0 saturated carbocycles. The van der Waals surface area contributed by atoms with Gasteiger partial charge in [0, 0.05) is 17.7 Å². The van der Waals surface area contributed by atoms with E-state index in [2.05, 4.69) is 0 Å². The Morgan fingerprint density at radius 3 is 2.50 bits per heavy atom. The molecular formula is C19H16N2O7. The van der Waals surface area contributed by atoms with Crippen LogP contribution in [0.1, 0.15) is 31.8 Å². The highest BCUT2D eigenvalue weighted by Gasteiger charge is 2.38. The minimum absolute atomic E-state index is 0.0174. The first-order valence-electron chi connectivity index (χ1n) is 8.25. The summed E-state index contributed by atoms with van der Waals surface area (Å²) in [4.78, 5) is 47.8. The highest BCUT2D eigenvalue weighted by atomic mass is 16.6. The van der Waals surface area contributed by atoms with E-state index in [0.717, 1.165) is 17.7 Å². The summed E-state index contributed by atoms with van der Waals surface area (Å²) in [5.41, 5.74) is 1.20. The van der Waals surface area contributed by atoms with Crippen molar-refractivity contribution in [3.05, 3.63) is 68.8 Å². The number of imide groups is 1. The number of nitrogens with zero attached hydrogens (tertiary/aromatic N) is 2. The summed E-state index contributed by atoms with van der Waals surface area (Å²) >= 11 is 0. The van der Waals surface area contributed by atoms with E-state index in [1.54, 1.807) is 12.1 Å². The molecule has 2 amide bonds. The molecule has 1 aliphatic heterocycles. The molecule has 0 spiro atoms. The first-order valence-corrected chi connectivity index (χ1v) is 8.25. The fourth-order valence-corrected chi connectivity index (χ4v) is 2.89. The van der Waals surface area contributed by atoms with E-state index < -0.39 is 29.3 Å². The summed E-state index contributed by atoms with van der Waals surface area (Å²) in [6.07, 6.45) is 0. The van der Waals surface area contributed by atoms with E-state index in [1.807, 2.05) is 13.0 Å². The van der Waals surface area contributed by atoms with Crippen LogP contribution in [0, 0.1) is 17.0 Å². The number of rotatable bonds is 6. The van der Waals surface area contributed by atoms with Gasteiger partial charge in [-0.15, -0.1) is 0 Å². The standard InChI is InChI=1S/C19H16N2O7/c1-11-3-6-16(27-2)12(7-11)10-28-17(22)9-20-18(23)14-5-4-13(21(25)26)8-15(14)19(20)24/h3-8H,9-10H2,1-2H3. The maximum Gasteiger partial charge on any atom is 0.326 e. The molecule has 0 fully saturated rings. The van der Waals surface area contributed by atoms with E-state index in [9.17, 15) is 24.5 Å². The van der Waals surface area contributed by atoms with Gasteiger partial charge in [0.2, 0.25) is 0 Å². The fraction of sp³-hybridized carbons (Fsp3) is 0.211. The quantitative estimate of drug-likeness (QED) is 0.324. The van der Waals surface area contributed by atoms with Crippen LogP contribution in [0.3, 0.4) is 0 Å². The van der Waals surface area contributed by atoms with E-state index in [4.69, 9.17) is 9.47 Å². The monoisotopic (exact) mass is 384 g/mol. The van der Waals surface area contributed by atoms with Crippen LogP contribution in [0.2, 0.25) is 0 Å². The number of benzene rings is 2. The predicted molar refractivity (Wildman–Crippen MR) is 96.0 cm³/mol. The van der Waals surface area contributed by atoms with Crippen molar-refractivity contribution in [3.8, 4) is 5.75 Å². The zero-order chi connectivity index (χ0) is 20.4. The average Bonchev–Trinajstić information content (AvgIpc) is 2.91. The Morgan fingerprint density at radius 1 is 1.11 bits per heavy atom. The predicted octanol–water partition coefficient (Wildman–Crippen LogP) is 2.25. The largest absolute Gasteiger partial charge is 0.496 e. The van der Waals surface area contributed by atoms with E-state index in [1.165, 1.54) is 13.2 Å². The molecule has 9 heteroatoms. The lowest BCUT2D eigenvalue weighted by atomic mass is 10.1. The average molecular weight is 384 g/mol. The van der Waals surface area contributed by atoms with Gasteiger partial charge in [0.15, 0.2) is 0 Å². The normalized spacial score (nSPS) is 12.7. The summed E-state index contributed by atoms with van der Waals surface area (Å²) in [5, 5.41) is 10.9. The lowest BCUT2D eigenvalue weighted by Gasteiger charge is -2.14. The number of ether oxygens (including phenoxy) is 2. The van der Waals surface area contributed by atoms with Crippen molar-refractivity contribution in [2.75, 3.05) is 13.7 Å². The number of amides is 2. The molecule has 28 heavy (non-hydrogen) atoms. The molecule has 0 radical (unpaired) electrons. The number of nitro groups is 1. The van der Waals surface area contributed by atoms with Gasteiger partial charge in [-0.2, -0.15) is 0 Å². The summed E-state index contributed by atoms with van der Waals surface area (Å²) in [6.45, 7) is 1.20. The maximum atomic E-state index is 12.4. The van der Waals surface area contributed by atoms with Gasteiger partial charge >= 0.3 is 5.97 Å². The van der Waals surface area contributed by atoms with Gasteiger partial charge in [0.25, 0.3) is 17.5 Å². The molecule has 0 bridgehead atoms.